The predicted octanol–water partition coefficient (Wildman–Crippen LogP) is 2.28. The first-order valence-electron chi connectivity index (χ1n) is 4.47. The summed E-state index contributed by atoms with van der Waals surface area (Å²) in [7, 11) is 0. The number of hydrogen-bond acceptors (Lipinski definition) is 2. The van der Waals surface area contributed by atoms with Crippen LogP contribution in [0.25, 0.3) is 5.57 Å². The summed E-state index contributed by atoms with van der Waals surface area (Å²) in [6.45, 7) is 0.637. The molecule has 1 aromatic carbocycles. The topological polar surface area (TPSA) is 26.0 Å². The van der Waals surface area contributed by atoms with Gasteiger partial charge in [-0.2, -0.15) is 11.8 Å². The summed E-state index contributed by atoms with van der Waals surface area (Å²) < 4.78 is 0. The highest BCUT2D eigenvalue weighted by atomic mass is 32.2. The molecule has 2 N–H and O–H groups in total. The summed E-state index contributed by atoms with van der Waals surface area (Å²) in [6.07, 6.45) is 2.30. The van der Waals surface area contributed by atoms with E-state index in [1.807, 2.05) is 17.8 Å². The Kier molecular flexibility index (Phi) is 2.71. The van der Waals surface area contributed by atoms with Gasteiger partial charge in [-0.05, 0) is 16.7 Å². The maximum Gasteiger partial charge on any atom is 0.0190 e. The summed E-state index contributed by atoms with van der Waals surface area (Å²) >= 11 is 1.96. The van der Waals surface area contributed by atoms with Gasteiger partial charge >= 0.3 is 0 Å². The van der Waals surface area contributed by atoms with Crippen molar-refractivity contribution in [2.75, 3.05) is 11.5 Å². The molecule has 1 aliphatic rings. The third-order valence-electron chi connectivity index (χ3n) is 2.29. The van der Waals surface area contributed by atoms with Crippen LogP contribution in [0, 0.1) is 0 Å². The minimum Gasteiger partial charge on any atom is -0.326 e. The van der Waals surface area contributed by atoms with Crippen LogP contribution in [0.5, 0.6) is 0 Å². The molecule has 1 aliphatic heterocycles. The molecule has 0 aromatic heterocycles. The summed E-state index contributed by atoms with van der Waals surface area (Å²) in [5.41, 5.74) is 9.74. The van der Waals surface area contributed by atoms with Crippen molar-refractivity contribution < 1.29 is 0 Å². The van der Waals surface area contributed by atoms with Gasteiger partial charge in [0, 0.05) is 18.1 Å². The Morgan fingerprint density at radius 2 is 2.15 bits per heavy atom. The Morgan fingerprint density at radius 3 is 2.85 bits per heavy atom. The monoisotopic (exact) mass is 191 g/mol. The van der Waals surface area contributed by atoms with E-state index >= 15 is 0 Å². The minimum atomic E-state index is 0.637. The van der Waals surface area contributed by atoms with Crippen LogP contribution in [0.4, 0.5) is 0 Å². The van der Waals surface area contributed by atoms with Gasteiger partial charge in [-0.15, -0.1) is 0 Å². The molecule has 1 heterocycles. The molecule has 0 saturated heterocycles. The van der Waals surface area contributed by atoms with Gasteiger partial charge < -0.3 is 5.73 Å². The van der Waals surface area contributed by atoms with E-state index < -0.39 is 0 Å². The molecule has 0 saturated carbocycles. The van der Waals surface area contributed by atoms with Crippen LogP contribution < -0.4 is 5.73 Å². The van der Waals surface area contributed by atoms with E-state index in [0.717, 1.165) is 11.5 Å². The first-order chi connectivity index (χ1) is 6.42. The molecule has 2 rings (SSSR count). The standard InChI is InChI=1S/C11H13NS/c12-7-9-3-1-2-4-11(9)10-5-6-13-8-10/h1-5H,6-8,12H2. The lowest BCUT2D eigenvalue weighted by Gasteiger charge is -2.07. The van der Waals surface area contributed by atoms with Gasteiger partial charge in [-0.1, -0.05) is 30.3 Å². The minimum absolute atomic E-state index is 0.637. The van der Waals surface area contributed by atoms with Crippen LogP contribution in [0.15, 0.2) is 30.3 Å². The lowest BCUT2D eigenvalue weighted by molar-refractivity contribution is 1.06. The van der Waals surface area contributed by atoms with E-state index in [0.29, 0.717) is 6.54 Å². The SMILES string of the molecule is NCc1ccccc1C1=CCSC1. The highest BCUT2D eigenvalue weighted by Crippen LogP contribution is 2.28. The van der Waals surface area contributed by atoms with Crippen molar-refractivity contribution in [2.24, 2.45) is 5.73 Å². The highest BCUT2D eigenvalue weighted by molar-refractivity contribution is 8.00. The average molecular weight is 191 g/mol. The van der Waals surface area contributed by atoms with Crippen molar-refractivity contribution in [1.29, 1.82) is 0 Å². The number of hydrogen-bond donors (Lipinski definition) is 1. The van der Waals surface area contributed by atoms with E-state index in [-0.39, 0.29) is 0 Å². The Morgan fingerprint density at radius 1 is 1.31 bits per heavy atom. The van der Waals surface area contributed by atoms with Gasteiger partial charge in [0.25, 0.3) is 0 Å². The first kappa shape index (κ1) is 8.85. The van der Waals surface area contributed by atoms with Crippen molar-refractivity contribution in [3.05, 3.63) is 41.5 Å². The number of benzene rings is 1. The van der Waals surface area contributed by atoms with Crippen molar-refractivity contribution in [3.63, 3.8) is 0 Å². The molecule has 0 bridgehead atoms. The van der Waals surface area contributed by atoms with Gasteiger partial charge in [0.15, 0.2) is 0 Å². The third-order valence-corrected chi connectivity index (χ3v) is 3.21. The molecule has 0 radical (unpaired) electrons. The molecule has 2 heteroatoms. The second-order valence-corrected chi connectivity index (χ2v) is 4.14. The van der Waals surface area contributed by atoms with Gasteiger partial charge in [-0.3, -0.25) is 0 Å². The smallest absolute Gasteiger partial charge is 0.0190 e. The van der Waals surface area contributed by atoms with E-state index in [2.05, 4.69) is 24.3 Å². The van der Waals surface area contributed by atoms with E-state index in [1.165, 1.54) is 16.7 Å². The molecule has 0 fully saturated rings. The number of nitrogens with two attached hydrogens (primary N) is 1. The largest absolute Gasteiger partial charge is 0.326 e. The predicted molar refractivity (Wildman–Crippen MR) is 59.6 cm³/mol. The molecule has 1 aromatic rings. The molecule has 68 valence electrons. The van der Waals surface area contributed by atoms with Crippen molar-refractivity contribution >= 4 is 17.3 Å². The Hall–Kier alpha value is -0.730. The fraction of sp³-hybridized carbons (Fsp3) is 0.273. The maximum absolute atomic E-state index is 5.68. The van der Waals surface area contributed by atoms with E-state index in [9.17, 15) is 0 Å². The van der Waals surface area contributed by atoms with Crippen molar-refractivity contribution in [1.82, 2.24) is 0 Å². The molecular formula is C11H13NS. The van der Waals surface area contributed by atoms with Crippen LogP contribution >= 0.6 is 11.8 Å². The van der Waals surface area contributed by atoms with Crippen LogP contribution in [0.3, 0.4) is 0 Å². The Bertz CT molecular complexity index is 331. The molecule has 0 atom stereocenters. The summed E-state index contributed by atoms with van der Waals surface area (Å²) in [5, 5.41) is 0. The van der Waals surface area contributed by atoms with Gasteiger partial charge in [0.05, 0.1) is 0 Å². The summed E-state index contributed by atoms with van der Waals surface area (Å²) in [5.74, 6) is 2.28. The Balaban J connectivity index is 2.38. The number of rotatable bonds is 2. The zero-order chi connectivity index (χ0) is 9.10. The van der Waals surface area contributed by atoms with Crippen LogP contribution in [-0.4, -0.2) is 11.5 Å². The molecule has 0 amide bonds. The van der Waals surface area contributed by atoms with Gasteiger partial charge in [0.2, 0.25) is 0 Å². The number of thioether (sulfide) groups is 1. The third kappa shape index (κ3) is 1.79. The molecule has 0 spiro atoms. The normalized spacial score (nSPS) is 15.9. The summed E-state index contributed by atoms with van der Waals surface area (Å²) in [4.78, 5) is 0. The molecule has 1 nitrogen and oxygen atoms in total. The van der Waals surface area contributed by atoms with Gasteiger partial charge in [0.1, 0.15) is 0 Å². The van der Waals surface area contributed by atoms with E-state index in [4.69, 9.17) is 5.73 Å². The lowest BCUT2D eigenvalue weighted by Crippen LogP contribution is -2.00. The molecule has 0 unspecified atom stereocenters. The van der Waals surface area contributed by atoms with Crippen LogP contribution in [0.1, 0.15) is 11.1 Å². The van der Waals surface area contributed by atoms with Gasteiger partial charge in [-0.25, -0.2) is 0 Å². The van der Waals surface area contributed by atoms with E-state index in [1.54, 1.807) is 0 Å². The lowest BCUT2D eigenvalue weighted by atomic mass is 10.0. The van der Waals surface area contributed by atoms with Crippen LogP contribution in [-0.2, 0) is 6.54 Å². The molecule has 0 aliphatic carbocycles. The Labute approximate surface area is 83.0 Å². The average Bonchev–Trinajstić information content (AvgIpc) is 2.70. The van der Waals surface area contributed by atoms with Crippen molar-refractivity contribution in [2.45, 2.75) is 6.54 Å². The second kappa shape index (κ2) is 3.99. The highest BCUT2D eigenvalue weighted by Gasteiger charge is 2.09. The second-order valence-electron chi connectivity index (χ2n) is 3.11. The summed E-state index contributed by atoms with van der Waals surface area (Å²) in [6, 6.07) is 8.41. The molecule has 13 heavy (non-hydrogen) atoms. The fourth-order valence-corrected chi connectivity index (χ4v) is 2.52. The zero-order valence-corrected chi connectivity index (χ0v) is 8.31. The van der Waals surface area contributed by atoms with Crippen LogP contribution in [0.2, 0.25) is 0 Å². The fourth-order valence-electron chi connectivity index (χ4n) is 1.59. The quantitative estimate of drug-likeness (QED) is 0.776. The van der Waals surface area contributed by atoms with Crippen molar-refractivity contribution in [3.8, 4) is 0 Å². The molecular weight excluding hydrogens is 178 g/mol. The first-order valence-corrected chi connectivity index (χ1v) is 5.62. The maximum atomic E-state index is 5.68. The zero-order valence-electron chi connectivity index (χ0n) is 7.49.